The van der Waals surface area contributed by atoms with E-state index in [9.17, 15) is 24.0 Å². The van der Waals surface area contributed by atoms with Gasteiger partial charge in [-0.3, -0.25) is 28.8 Å². The van der Waals surface area contributed by atoms with Gasteiger partial charge in [0.25, 0.3) is 5.91 Å². The van der Waals surface area contributed by atoms with Crippen LogP contribution >= 0.6 is 0 Å². The summed E-state index contributed by atoms with van der Waals surface area (Å²) >= 11 is 0. The first-order valence-electron chi connectivity index (χ1n) is 19.8. The van der Waals surface area contributed by atoms with Gasteiger partial charge >= 0.3 is 0 Å². The Morgan fingerprint density at radius 2 is 1.43 bits per heavy atom. The summed E-state index contributed by atoms with van der Waals surface area (Å²) in [5, 5.41) is 8.83. The molecular formula is C39H64N8O6. The first kappa shape index (κ1) is 40.5. The molecule has 296 valence electrons. The van der Waals surface area contributed by atoms with Crippen molar-refractivity contribution in [3.05, 3.63) is 0 Å². The van der Waals surface area contributed by atoms with Gasteiger partial charge in [0.15, 0.2) is 5.96 Å². The van der Waals surface area contributed by atoms with Crippen LogP contribution in [0, 0.1) is 33.5 Å². The summed E-state index contributed by atoms with van der Waals surface area (Å²) in [6, 6.07) is -3.97. The van der Waals surface area contributed by atoms with E-state index >= 15 is 4.79 Å². The molecular weight excluding hydrogens is 676 g/mol. The zero-order valence-electron chi connectivity index (χ0n) is 32.9. The predicted octanol–water partition coefficient (Wildman–Crippen LogP) is 2.16. The number of carbonyl (C=O) groups is 6. The highest BCUT2D eigenvalue weighted by Crippen LogP contribution is 2.88. The number of aliphatic imine (C=N–C) groups is 1. The number of ketones is 1. The maximum Gasteiger partial charge on any atom is 0.287 e. The molecule has 5 fully saturated rings. The normalized spacial score (nSPS) is 26.7. The van der Waals surface area contributed by atoms with E-state index in [-0.39, 0.29) is 34.0 Å². The topological polar surface area (TPSA) is 232 Å². The van der Waals surface area contributed by atoms with Crippen molar-refractivity contribution < 1.29 is 28.8 Å². The highest BCUT2D eigenvalue weighted by molar-refractivity contribution is 6.37. The Labute approximate surface area is 314 Å². The average molecular weight is 741 g/mol. The van der Waals surface area contributed by atoms with Crippen molar-refractivity contribution in [2.75, 3.05) is 6.54 Å². The van der Waals surface area contributed by atoms with Crippen LogP contribution < -0.4 is 33.2 Å². The Morgan fingerprint density at radius 1 is 0.811 bits per heavy atom. The summed E-state index contributed by atoms with van der Waals surface area (Å²) in [5.41, 5.74) is 14.1. The maximum absolute atomic E-state index is 15.0. The van der Waals surface area contributed by atoms with Crippen molar-refractivity contribution in [3.63, 3.8) is 0 Å². The molecule has 0 aromatic heterocycles. The van der Waals surface area contributed by atoms with Crippen molar-refractivity contribution in [1.82, 2.24) is 20.9 Å². The second-order valence-corrected chi connectivity index (χ2v) is 18.9. The first-order chi connectivity index (χ1) is 24.6. The van der Waals surface area contributed by atoms with Crippen LogP contribution in [0.3, 0.4) is 0 Å². The van der Waals surface area contributed by atoms with Crippen LogP contribution in [-0.4, -0.2) is 82.4 Å². The van der Waals surface area contributed by atoms with Gasteiger partial charge in [-0.1, -0.05) is 79.6 Å². The van der Waals surface area contributed by atoms with Crippen LogP contribution in [0.5, 0.6) is 0 Å². The average Bonchev–Trinajstić information content (AvgIpc) is 3.24. The third-order valence-corrected chi connectivity index (χ3v) is 14.1. The summed E-state index contributed by atoms with van der Waals surface area (Å²) < 4.78 is 0. The number of nitrogens with one attached hydrogen (secondary N) is 3. The Morgan fingerprint density at radius 3 is 1.91 bits per heavy atom. The summed E-state index contributed by atoms with van der Waals surface area (Å²) in [6.45, 7) is 13.5. The predicted molar refractivity (Wildman–Crippen MR) is 200 cm³/mol. The number of likely N-dealkylation sites (tertiary alicyclic amines) is 1. The molecule has 2 spiro atoms. The second-order valence-electron chi connectivity index (χ2n) is 18.9. The molecule has 5 aliphatic rings. The van der Waals surface area contributed by atoms with Crippen molar-refractivity contribution in [1.29, 1.82) is 0 Å². The second kappa shape index (κ2) is 14.5. The number of hydrogen-bond donors (Lipinski definition) is 6. The highest BCUT2D eigenvalue weighted by Gasteiger charge is 2.85. The lowest BCUT2D eigenvalue weighted by atomic mass is 9.73. The standard InChI is InChI=1S/C39H64N8O6/c1-35(2,3)28(45-31(51)26(23-15-9-8-10-16-23)44-33(53)36(4,5)46-34(41)42)32(52)47-21-39(37(6,7)38(39)17-12-18-38)20-25(47)30(50)43-24(27(48)29(40)49)19-22-13-11-14-22/h22-26,28H,8-21H2,1-7H3,(H2,40,49)(H,43,50)(H,44,53)(H,45,51)(H4,41,42,46)/t24?,25-,26-,28+,39+/m0/s1. The van der Waals surface area contributed by atoms with E-state index in [1.54, 1.807) is 18.7 Å². The quantitative estimate of drug-likeness (QED) is 0.0929. The van der Waals surface area contributed by atoms with Crippen LogP contribution in [0.25, 0.3) is 0 Å². The number of nitrogens with zero attached hydrogens (tertiary/aromatic N) is 2. The molecule has 14 heteroatoms. The maximum atomic E-state index is 15.0. The lowest BCUT2D eigenvalue weighted by Gasteiger charge is -2.38. The number of rotatable bonds is 13. The van der Waals surface area contributed by atoms with E-state index in [2.05, 4.69) is 34.8 Å². The highest BCUT2D eigenvalue weighted by atomic mass is 16.2. The Hall–Kier alpha value is -3.71. The molecule has 1 aliphatic heterocycles. The molecule has 4 saturated carbocycles. The van der Waals surface area contributed by atoms with Gasteiger partial charge in [-0.2, -0.15) is 0 Å². The fourth-order valence-corrected chi connectivity index (χ4v) is 10.4. The molecule has 1 saturated heterocycles. The lowest BCUT2D eigenvalue weighted by Crippen LogP contribution is -2.62. The molecule has 5 atom stereocenters. The first-order valence-corrected chi connectivity index (χ1v) is 19.8. The SMILES string of the molecule is CC(C)(N=C(N)N)C(=O)N[C@H](C(=O)N[C@H](C(=O)N1C[C@]2(C[C@H]1C(=O)NC(CC1CCC1)C(=O)C(N)=O)C(C)(C)C21CCC1)C(C)(C)C)C1CCCCC1. The zero-order chi connectivity index (χ0) is 39.3. The molecule has 5 rings (SSSR count). The van der Waals surface area contributed by atoms with Crippen molar-refractivity contribution in [2.24, 2.45) is 55.7 Å². The Bertz CT molecular complexity index is 1520. The Balaban J connectivity index is 1.44. The van der Waals surface area contributed by atoms with Crippen molar-refractivity contribution in [3.8, 4) is 0 Å². The Kier molecular flexibility index (Phi) is 11.1. The molecule has 1 heterocycles. The number of Topliss-reactive ketones (excluding diaryl/α,β-unsaturated/α-hetero) is 1. The fourth-order valence-electron chi connectivity index (χ4n) is 10.4. The van der Waals surface area contributed by atoms with Crippen molar-refractivity contribution >= 4 is 41.3 Å². The van der Waals surface area contributed by atoms with E-state index < -0.39 is 70.4 Å². The van der Waals surface area contributed by atoms with Crippen LogP contribution in [0.1, 0.15) is 132 Å². The van der Waals surface area contributed by atoms with E-state index in [1.165, 1.54) is 0 Å². The van der Waals surface area contributed by atoms with Crippen LogP contribution in [-0.2, 0) is 28.8 Å². The summed E-state index contributed by atoms with van der Waals surface area (Å²) in [6.07, 6.45) is 11.0. The third kappa shape index (κ3) is 7.39. The molecule has 0 aromatic rings. The molecule has 9 N–H and O–H groups in total. The number of hydrogen-bond acceptors (Lipinski definition) is 7. The monoisotopic (exact) mass is 740 g/mol. The minimum atomic E-state index is -1.34. The number of primary amides is 1. The minimum absolute atomic E-state index is 0.000972. The molecule has 53 heavy (non-hydrogen) atoms. The van der Waals surface area contributed by atoms with E-state index in [4.69, 9.17) is 17.2 Å². The fraction of sp³-hybridized carbons (Fsp3) is 0.821. The van der Waals surface area contributed by atoms with Crippen LogP contribution in [0.2, 0.25) is 0 Å². The molecule has 1 unspecified atom stereocenters. The van der Waals surface area contributed by atoms with Gasteiger partial charge in [-0.05, 0) is 80.5 Å². The molecule has 0 aromatic carbocycles. The van der Waals surface area contributed by atoms with Crippen LogP contribution in [0.15, 0.2) is 4.99 Å². The van der Waals surface area contributed by atoms with Gasteiger partial charge in [-0.25, -0.2) is 4.99 Å². The van der Waals surface area contributed by atoms with E-state index in [1.807, 2.05) is 20.8 Å². The minimum Gasteiger partial charge on any atom is -0.370 e. The van der Waals surface area contributed by atoms with E-state index in [0.717, 1.165) is 70.6 Å². The van der Waals surface area contributed by atoms with Crippen molar-refractivity contribution in [2.45, 2.75) is 162 Å². The van der Waals surface area contributed by atoms with Crippen LogP contribution in [0.4, 0.5) is 0 Å². The summed E-state index contributed by atoms with van der Waals surface area (Å²) in [4.78, 5) is 88.0. The summed E-state index contributed by atoms with van der Waals surface area (Å²) in [7, 11) is 0. The van der Waals surface area contributed by atoms with E-state index in [0.29, 0.717) is 19.4 Å². The van der Waals surface area contributed by atoms with Gasteiger partial charge < -0.3 is 38.1 Å². The molecule has 5 amide bonds. The smallest absolute Gasteiger partial charge is 0.287 e. The van der Waals surface area contributed by atoms with Gasteiger partial charge in [-0.15, -0.1) is 0 Å². The third-order valence-electron chi connectivity index (χ3n) is 14.1. The van der Waals surface area contributed by atoms with Gasteiger partial charge in [0.1, 0.15) is 23.7 Å². The van der Waals surface area contributed by atoms with Gasteiger partial charge in [0.05, 0.1) is 6.04 Å². The largest absolute Gasteiger partial charge is 0.370 e. The number of fused-ring (bicyclic) bond motifs is 1. The number of guanidine groups is 1. The van der Waals surface area contributed by atoms with Gasteiger partial charge in [0, 0.05) is 12.0 Å². The molecule has 0 radical (unpaired) electrons. The summed E-state index contributed by atoms with van der Waals surface area (Å²) in [5.74, 6) is -4.02. The molecule has 4 aliphatic carbocycles. The number of amides is 5. The number of carbonyl (C=O) groups excluding carboxylic acids is 6. The zero-order valence-corrected chi connectivity index (χ0v) is 32.9. The number of nitrogens with two attached hydrogens (primary N) is 3. The molecule has 14 nitrogen and oxygen atoms in total. The lowest BCUT2D eigenvalue weighted by molar-refractivity contribution is -0.145. The molecule has 0 bridgehead atoms. The van der Waals surface area contributed by atoms with Gasteiger partial charge in [0.2, 0.25) is 29.4 Å².